The Morgan fingerprint density at radius 3 is 2.68 bits per heavy atom. The maximum Gasteiger partial charge on any atom is 0.240 e. The predicted octanol–water partition coefficient (Wildman–Crippen LogP) is 0.745. The molecule has 0 bridgehead atoms. The first-order chi connectivity index (χ1) is 9.01. The Kier molecular flexibility index (Phi) is 6.73. The van der Waals surface area contributed by atoms with Gasteiger partial charge in [-0.25, -0.2) is 13.1 Å². The number of benzene rings is 1. The second-order valence-electron chi connectivity index (χ2n) is 3.53. The van der Waals surface area contributed by atoms with E-state index in [1.165, 1.54) is 19.2 Å². The molecule has 0 fully saturated rings. The third-order valence-corrected chi connectivity index (χ3v) is 4.29. The molecule has 0 spiro atoms. The standard InChI is InChI=1S/C11H16BrNO5S/c1-17-11-3-2-9(8-10(11)12)19(15,16)13-4-6-18-7-5-14/h2-3,8,13-14H,4-7H2,1H3. The molecule has 0 amide bonds. The fourth-order valence-electron chi connectivity index (χ4n) is 1.31. The molecular weight excluding hydrogens is 338 g/mol. The number of rotatable bonds is 8. The number of aliphatic hydroxyl groups is 1. The smallest absolute Gasteiger partial charge is 0.240 e. The van der Waals surface area contributed by atoms with Crippen molar-refractivity contribution < 1.29 is 23.0 Å². The van der Waals surface area contributed by atoms with Crippen LogP contribution in [0.2, 0.25) is 0 Å². The third kappa shape index (κ3) is 5.07. The molecule has 0 aliphatic heterocycles. The summed E-state index contributed by atoms with van der Waals surface area (Å²) in [6, 6.07) is 4.50. The summed E-state index contributed by atoms with van der Waals surface area (Å²) in [6.07, 6.45) is 0. The normalized spacial score (nSPS) is 11.5. The van der Waals surface area contributed by atoms with Gasteiger partial charge in [-0.05, 0) is 34.1 Å². The average molecular weight is 354 g/mol. The van der Waals surface area contributed by atoms with Gasteiger partial charge in [-0.2, -0.15) is 0 Å². The summed E-state index contributed by atoms with van der Waals surface area (Å²) >= 11 is 3.23. The molecule has 0 radical (unpaired) electrons. The Bertz CT molecular complexity index is 506. The minimum absolute atomic E-state index is 0.0851. The number of halogens is 1. The molecule has 0 aromatic heterocycles. The molecule has 6 nitrogen and oxygen atoms in total. The van der Waals surface area contributed by atoms with E-state index in [0.717, 1.165) is 0 Å². The van der Waals surface area contributed by atoms with Crippen LogP contribution in [0.25, 0.3) is 0 Å². The van der Waals surface area contributed by atoms with Gasteiger partial charge in [-0.1, -0.05) is 0 Å². The zero-order valence-corrected chi connectivity index (χ0v) is 12.8. The zero-order valence-electron chi connectivity index (χ0n) is 10.4. The molecule has 1 aromatic carbocycles. The van der Waals surface area contributed by atoms with Crippen LogP contribution in [0.5, 0.6) is 5.75 Å². The van der Waals surface area contributed by atoms with Gasteiger partial charge in [0.25, 0.3) is 0 Å². The summed E-state index contributed by atoms with van der Waals surface area (Å²) in [7, 11) is -2.07. The second-order valence-corrected chi connectivity index (χ2v) is 6.15. The monoisotopic (exact) mass is 353 g/mol. The van der Waals surface area contributed by atoms with Crippen LogP contribution in [-0.4, -0.2) is 47.0 Å². The van der Waals surface area contributed by atoms with E-state index in [2.05, 4.69) is 20.7 Å². The van der Waals surface area contributed by atoms with Crippen molar-refractivity contribution in [1.29, 1.82) is 0 Å². The minimum Gasteiger partial charge on any atom is -0.496 e. The zero-order chi connectivity index (χ0) is 14.3. The van der Waals surface area contributed by atoms with E-state index in [1.54, 1.807) is 6.07 Å². The molecular formula is C11H16BrNO5S. The lowest BCUT2D eigenvalue weighted by molar-refractivity contribution is 0.0961. The van der Waals surface area contributed by atoms with Crippen LogP contribution in [0.15, 0.2) is 27.6 Å². The topological polar surface area (TPSA) is 84.9 Å². The van der Waals surface area contributed by atoms with Crippen molar-refractivity contribution in [2.75, 3.05) is 33.5 Å². The van der Waals surface area contributed by atoms with Crippen molar-refractivity contribution in [2.24, 2.45) is 0 Å². The lowest BCUT2D eigenvalue weighted by Crippen LogP contribution is -2.27. The van der Waals surface area contributed by atoms with Gasteiger partial charge in [-0.15, -0.1) is 0 Å². The maximum atomic E-state index is 11.9. The molecule has 0 aliphatic carbocycles. The van der Waals surface area contributed by atoms with Crippen LogP contribution >= 0.6 is 15.9 Å². The first-order valence-corrected chi connectivity index (χ1v) is 7.80. The van der Waals surface area contributed by atoms with E-state index in [1.807, 2.05) is 0 Å². The Morgan fingerprint density at radius 2 is 2.11 bits per heavy atom. The van der Waals surface area contributed by atoms with Gasteiger partial charge in [0.2, 0.25) is 10.0 Å². The number of ether oxygens (including phenoxy) is 2. The molecule has 8 heteroatoms. The highest BCUT2D eigenvalue weighted by Gasteiger charge is 2.15. The Labute approximate surface area is 120 Å². The van der Waals surface area contributed by atoms with E-state index >= 15 is 0 Å². The Balaban J connectivity index is 2.64. The molecule has 2 N–H and O–H groups in total. The second kappa shape index (κ2) is 7.81. The maximum absolute atomic E-state index is 11.9. The first kappa shape index (κ1) is 16.4. The summed E-state index contributed by atoms with van der Waals surface area (Å²) in [4.78, 5) is 0.141. The lowest BCUT2D eigenvalue weighted by Gasteiger charge is -2.09. The number of methoxy groups -OCH3 is 1. The molecule has 0 unspecified atom stereocenters. The van der Waals surface area contributed by atoms with Gasteiger partial charge in [0, 0.05) is 6.54 Å². The summed E-state index contributed by atoms with van der Waals surface area (Å²) in [5.41, 5.74) is 0. The summed E-state index contributed by atoms with van der Waals surface area (Å²) in [5.74, 6) is 0.560. The molecule has 0 saturated heterocycles. The molecule has 1 rings (SSSR count). The number of hydrogen-bond donors (Lipinski definition) is 2. The first-order valence-electron chi connectivity index (χ1n) is 5.53. The van der Waals surface area contributed by atoms with Crippen LogP contribution < -0.4 is 9.46 Å². The van der Waals surface area contributed by atoms with Gasteiger partial charge in [0.15, 0.2) is 0 Å². The highest BCUT2D eigenvalue weighted by atomic mass is 79.9. The van der Waals surface area contributed by atoms with Gasteiger partial charge in [0.1, 0.15) is 5.75 Å². The van der Waals surface area contributed by atoms with Crippen LogP contribution in [0.3, 0.4) is 0 Å². The van der Waals surface area contributed by atoms with Crippen molar-refractivity contribution in [1.82, 2.24) is 4.72 Å². The molecule has 1 aromatic rings. The van der Waals surface area contributed by atoms with Crippen LogP contribution in [-0.2, 0) is 14.8 Å². The predicted molar refractivity (Wildman–Crippen MR) is 73.8 cm³/mol. The fraction of sp³-hybridized carbons (Fsp3) is 0.455. The van der Waals surface area contributed by atoms with Crippen molar-refractivity contribution in [2.45, 2.75) is 4.90 Å². The summed E-state index contributed by atoms with van der Waals surface area (Å²) < 4.78 is 36.8. The third-order valence-electron chi connectivity index (χ3n) is 2.21. The average Bonchev–Trinajstić information content (AvgIpc) is 2.38. The molecule has 0 saturated carbocycles. The minimum atomic E-state index is -3.57. The van der Waals surface area contributed by atoms with E-state index < -0.39 is 10.0 Å². The molecule has 19 heavy (non-hydrogen) atoms. The number of aliphatic hydroxyl groups excluding tert-OH is 1. The summed E-state index contributed by atoms with van der Waals surface area (Å²) in [6.45, 7) is 0.455. The van der Waals surface area contributed by atoms with E-state index in [-0.39, 0.29) is 31.3 Å². The quantitative estimate of drug-likeness (QED) is 0.673. The highest BCUT2D eigenvalue weighted by Crippen LogP contribution is 2.27. The van der Waals surface area contributed by atoms with Crippen LogP contribution in [0.1, 0.15) is 0 Å². The largest absolute Gasteiger partial charge is 0.496 e. The molecule has 108 valence electrons. The lowest BCUT2D eigenvalue weighted by atomic mass is 10.3. The van der Waals surface area contributed by atoms with Crippen LogP contribution in [0, 0.1) is 0 Å². The molecule has 0 atom stereocenters. The van der Waals surface area contributed by atoms with Gasteiger partial charge in [0.05, 0.1) is 36.3 Å². The molecule has 0 heterocycles. The van der Waals surface area contributed by atoms with E-state index in [4.69, 9.17) is 14.6 Å². The highest BCUT2D eigenvalue weighted by molar-refractivity contribution is 9.10. The van der Waals surface area contributed by atoms with Gasteiger partial charge < -0.3 is 14.6 Å². The van der Waals surface area contributed by atoms with E-state index in [0.29, 0.717) is 10.2 Å². The van der Waals surface area contributed by atoms with Gasteiger partial charge in [-0.3, -0.25) is 0 Å². The Hall–Kier alpha value is -0.670. The molecule has 0 aliphatic rings. The van der Waals surface area contributed by atoms with Gasteiger partial charge >= 0.3 is 0 Å². The fourth-order valence-corrected chi connectivity index (χ4v) is 3.04. The van der Waals surface area contributed by atoms with Crippen LogP contribution in [0.4, 0.5) is 0 Å². The summed E-state index contributed by atoms with van der Waals surface area (Å²) in [5, 5.41) is 8.50. The van der Waals surface area contributed by atoms with Crippen molar-refractivity contribution in [3.63, 3.8) is 0 Å². The SMILES string of the molecule is COc1ccc(S(=O)(=O)NCCOCCO)cc1Br. The van der Waals surface area contributed by atoms with Crippen molar-refractivity contribution in [3.05, 3.63) is 22.7 Å². The van der Waals surface area contributed by atoms with Crippen molar-refractivity contribution >= 4 is 26.0 Å². The van der Waals surface area contributed by atoms with E-state index in [9.17, 15) is 8.42 Å². The Morgan fingerprint density at radius 1 is 1.37 bits per heavy atom. The van der Waals surface area contributed by atoms with Crippen molar-refractivity contribution in [3.8, 4) is 5.75 Å². The number of hydrogen-bond acceptors (Lipinski definition) is 5. The number of nitrogens with one attached hydrogen (secondary N) is 1. The number of sulfonamides is 1.